The van der Waals surface area contributed by atoms with Gasteiger partial charge in [0.25, 0.3) is 11.8 Å². The molecule has 132 valence electrons. The summed E-state index contributed by atoms with van der Waals surface area (Å²) in [4.78, 5) is 23.7. The molecular formula is C15H14ClN3O5S. The molecule has 0 fully saturated rings. The molecule has 0 unspecified atom stereocenters. The molecule has 0 spiro atoms. The number of para-hydroxylation sites is 1. The van der Waals surface area contributed by atoms with E-state index in [-0.39, 0.29) is 26.8 Å². The number of phenolic OH excluding ortho intramolecular Hbond substituents is 1. The number of amides is 2. The van der Waals surface area contributed by atoms with Crippen LogP contribution in [0.4, 0.5) is 0 Å². The van der Waals surface area contributed by atoms with Gasteiger partial charge in [0.1, 0.15) is 10.6 Å². The van der Waals surface area contributed by atoms with Crippen LogP contribution in [0.1, 0.15) is 20.7 Å². The second-order valence-corrected chi connectivity index (χ2v) is 7.04. The largest absolute Gasteiger partial charge is 0.507 e. The first kappa shape index (κ1) is 18.7. The van der Waals surface area contributed by atoms with Crippen LogP contribution in [0.5, 0.6) is 5.75 Å². The van der Waals surface area contributed by atoms with Crippen LogP contribution in [0.3, 0.4) is 0 Å². The normalized spacial score (nSPS) is 11.0. The quantitative estimate of drug-likeness (QED) is 0.587. The highest BCUT2D eigenvalue weighted by Gasteiger charge is 2.19. The minimum atomic E-state index is -3.85. The summed E-state index contributed by atoms with van der Waals surface area (Å²) in [7, 11) is -2.63. The van der Waals surface area contributed by atoms with Gasteiger partial charge < -0.3 is 5.11 Å². The third-order valence-electron chi connectivity index (χ3n) is 3.19. The van der Waals surface area contributed by atoms with E-state index in [0.29, 0.717) is 0 Å². The Hall–Kier alpha value is -2.62. The molecule has 0 bridgehead atoms. The van der Waals surface area contributed by atoms with Crippen molar-refractivity contribution < 1.29 is 23.1 Å². The number of hydrazine groups is 1. The molecule has 0 aliphatic heterocycles. The average molecular weight is 384 g/mol. The molecule has 2 aromatic carbocycles. The summed E-state index contributed by atoms with van der Waals surface area (Å²) in [5.41, 5.74) is 4.20. The predicted octanol–water partition coefficient (Wildman–Crippen LogP) is 1.03. The van der Waals surface area contributed by atoms with Crippen LogP contribution >= 0.6 is 11.6 Å². The second-order valence-electron chi connectivity index (χ2n) is 4.78. The zero-order valence-corrected chi connectivity index (χ0v) is 14.5. The van der Waals surface area contributed by atoms with Gasteiger partial charge in [0.2, 0.25) is 10.0 Å². The number of benzene rings is 2. The van der Waals surface area contributed by atoms with Gasteiger partial charge in [-0.3, -0.25) is 20.4 Å². The Morgan fingerprint density at radius 2 is 1.68 bits per heavy atom. The number of carbonyl (C=O) groups excluding carboxylic acids is 2. The van der Waals surface area contributed by atoms with Crippen LogP contribution < -0.4 is 15.6 Å². The highest BCUT2D eigenvalue weighted by Crippen LogP contribution is 2.22. The number of phenols is 1. The highest BCUT2D eigenvalue weighted by atomic mass is 35.5. The van der Waals surface area contributed by atoms with Crippen LogP contribution in [0.25, 0.3) is 0 Å². The Morgan fingerprint density at radius 3 is 2.32 bits per heavy atom. The van der Waals surface area contributed by atoms with Gasteiger partial charge in [-0.25, -0.2) is 13.1 Å². The van der Waals surface area contributed by atoms with E-state index in [9.17, 15) is 23.1 Å². The molecule has 0 aromatic heterocycles. The van der Waals surface area contributed by atoms with E-state index in [2.05, 4.69) is 15.6 Å². The Kier molecular flexibility index (Phi) is 5.62. The van der Waals surface area contributed by atoms with Gasteiger partial charge in [-0.2, -0.15) is 0 Å². The molecule has 2 rings (SSSR count). The van der Waals surface area contributed by atoms with Crippen molar-refractivity contribution >= 4 is 33.4 Å². The molecule has 2 amide bonds. The fourth-order valence-electron chi connectivity index (χ4n) is 1.88. The fraction of sp³-hybridized carbons (Fsp3) is 0.0667. The molecule has 8 nitrogen and oxygen atoms in total. The van der Waals surface area contributed by atoms with E-state index in [1.807, 2.05) is 0 Å². The molecule has 0 aliphatic carbocycles. The molecule has 10 heteroatoms. The Morgan fingerprint density at radius 1 is 1.04 bits per heavy atom. The molecule has 4 N–H and O–H groups in total. The zero-order chi connectivity index (χ0) is 18.6. The minimum Gasteiger partial charge on any atom is -0.507 e. The predicted molar refractivity (Wildman–Crippen MR) is 90.7 cm³/mol. The third kappa shape index (κ3) is 4.27. The number of rotatable bonds is 4. The Balaban J connectivity index is 2.15. The molecule has 25 heavy (non-hydrogen) atoms. The van der Waals surface area contributed by atoms with Gasteiger partial charge in [-0.1, -0.05) is 23.7 Å². The summed E-state index contributed by atoms with van der Waals surface area (Å²) in [5.74, 6) is -1.74. The lowest BCUT2D eigenvalue weighted by Crippen LogP contribution is -2.41. The van der Waals surface area contributed by atoms with Crippen molar-refractivity contribution in [2.75, 3.05) is 7.05 Å². The van der Waals surface area contributed by atoms with Crippen LogP contribution in [-0.4, -0.2) is 32.4 Å². The van der Waals surface area contributed by atoms with Gasteiger partial charge in [0.05, 0.1) is 10.6 Å². The fourth-order valence-corrected chi connectivity index (χ4v) is 3.13. The van der Waals surface area contributed by atoms with E-state index in [0.717, 1.165) is 6.07 Å². The first-order chi connectivity index (χ1) is 11.8. The monoisotopic (exact) mass is 383 g/mol. The molecule has 0 radical (unpaired) electrons. The summed E-state index contributed by atoms with van der Waals surface area (Å²) < 4.78 is 25.8. The summed E-state index contributed by atoms with van der Waals surface area (Å²) in [6.07, 6.45) is 0. The highest BCUT2D eigenvalue weighted by molar-refractivity contribution is 7.89. The molecule has 0 saturated carbocycles. The zero-order valence-electron chi connectivity index (χ0n) is 12.9. The summed E-state index contributed by atoms with van der Waals surface area (Å²) in [5, 5.41) is 9.53. The lowest BCUT2D eigenvalue weighted by atomic mass is 10.2. The number of carbonyl (C=O) groups is 2. The van der Waals surface area contributed by atoms with Crippen molar-refractivity contribution in [3.63, 3.8) is 0 Å². The van der Waals surface area contributed by atoms with E-state index in [4.69, 9.17) is 11.6 Å². The number of sulfonamides is 1. The minimum absolute atomic E-state index is 0.0302. The molecule has 2 aromatic rings. The van der Waals surface area contributed by atoms with Gasteiger partial charge in [0.15, 0.2) is 0 Å². The number of halogens is 1. The summed E-state index contributed by atoms with van der Waals surface area (Å²) in [6, 6.07) is 9.42. The summed E-state index contributed by atoms with van der Waals surface area (Å²) >= 11 is 5.84. The third-order valence-corrected chi connectivity index (χ3v) is 5.09. The van der Waals surface area contributed by atoms with Crippen LogP contribution in [0.2, 0.25) is 5.02 Å². The van der Waals surface area contributed by atoms with Crippen LogP contribution in [0.15, 0.2) is 47.4 Å². The smallest absolute Gasteiger partial charge is 0.273 e. The van der Waals surface area contributed by atoms with Gasteiger partial charge in [0, 0.05) is 5.56 Å². The van der Waals surface area contributed by atoms with E-state index >= 15 is 0 Å². The van der Waals surface area contributed by atoms with Crippen molar-refractivity contribution in [1.29, 1.82) is 0 Å². The van der Waals surface area contributed by atoms with E-state index in [1.165, 1.54) is 31.3 Å². The number of aromatic hydroxyl groups is 1. The van der Waals surface area contributed by atoms with E-state index < -0.39 is 21.8 Å². The Bertz CT molecular complexity index is 931. The standard InChI is InChI=1S/C15H14ClN3O5S/c1-17-25(23,24)13-8-9(6-7-11(13)16)14(21)18-19-15(22)10-4-2-3-5-12(10)20/h2-8,17,20H,1H3,(H,18,21)(H,19,22). The average Bonchev–Trinajstić information content (AvgIpc) is 2.60. The van der Waals surface area contributed by atoms with Crippen molar-refractivity contribution in [3.8, 4) is 5.75 Å². The second kappa shape index (κ2) is 7.51. The van der Waals surface area contributed by atoms with Gasteiger partial charge in [-0.05, 0) is 37.4 Å². The molecule has 0 saturated heterocycles. The van der Waals surface area contributed by atoms with Crippen LogP contribution in [0, 0.1) is 0 Å². The lowest BCUT2D eigenvalue weighted by molar-refractivity contribution is 0.0845. The maximum atomic E-state index is 12.1. The number of hydrogen-bond acceptors (Lipinski definition) is 5. The first-order valence-corrected chi connectivity index (χ1v) is 8.74. The van der Waals surface area contributed by atoms with Gasteiger partial charge in [-0.15, -0.1) is 0 Å². The van der Waals surface area contributed by atoms with Crippen molar-refractivity contribution in [3.05, 3.63) is 58.6 Å². The van der Waals surface area contributed by atoms with Crippen molar-refractivity contribution in [1.82, 2.24) is 15.6 Å². The van der Waals surface area contributed by atoms with E-state index in [1.54, 1.807) is 12.1 Å². The van der Waals surface area contributed by atoms with Gasteiger partial charge >= 0.3 is 0 Å². The SMILES string of the molecule is CNS(=O)(=O)c1cc(C(=O)NNC(=O)c2ccccc2O)ccc1Cl. The van der Waals surface area contributed by atoms with Crippen molar-refractivity contribution in [2.24, 2.45) is 0 Å². The first-order valence-electron chi connectivity index (χ1n) is 6.88. The summed E-state index contributed by atoms with van der Waals surface area (Å²) in [6.45, 7) is 0. The molecule has 0 heterocycles. The topological polar surface area (TPSA) is 125 Å². The Labute approximate surface area is 148 Å². The van der Waals surface area contributed by atoms with Crippen LogP contribution in [-0.2, 0) is 10.0 Å². The number of hydrogen-bond donors (Lipinski definition) is 4. The number of nitrogens with one attached hydrogen (secondary N) is 3. The van der Waals surface area contributed by atoms with Crippen molar-refractivity contribution in [2.45, 2.75) is 4.90 Å². The molecular weight excluding hydrogens is 370 g/mol. The maximum Gasteiger partial charge on any atom is 0.273 e. The maximum absolute atomic E-state index is 12.1. The molecule has 0 aliphatic rings. The lowest BCUT2D eigenvalue weighted by Gasteiger charge is -2.10. The molecule has 0 atom stereocenters.